The highest BCUT2D eigenvalue weighted by atomic mass is 16.5. The maximum atomic E-state index is 11.5. The summed E-state index contributed by atoms with van der Waals surface area (Å²) in [5.41, 5.74) is 5.68. The van der Waals surface area contributed by atoms with E-state index in [4.69, 9.17) is 10.5 Å². The van der Waals surface area contributed by atoms with Gasteiger partial charge in [0.1, 0.15) is 5.82 Å². The van der Waals surface area contributed by atoms with Crippen LogP contribution in [0.2, 0.25) is 0 Å². The van der Waals surface area contributed by atoms with E-state index < -0.39 is 5.91 Å². The molecule has 0 saturated heterocycles. The quantitative estimate of drug-likeness (QED) is 0.711. The van der Waals surface area contributed by atoms with E-state index in [0.717, 1.165) is 32.3 Å². The summed E-state index contributed by atoms with van der Waals surface area (Å²) in [7, 11) is 0. The number of amides is 1. The molecule has 23 heavy (non-hydrogen) atoms. The van der Waals surface area contributed by atoms with Crippen molar-refractivity contribution in [1.29, 1.82) is 0 Å². The fraction of sp³-hybridized carbons (Fsp3) is 0.688. The summed E-state index contributed by atoms with van der Waals surface area (Å²) in [6, 6.07) is 0.482. The molecule has 0 radical (unpaired) electrons. The van der Waals surface area contributed by atoms with E-state index in [9.17, 15) is 4.79 Å². The van der Waals surface area contributed by atoms with Gasteiger partial charge in [-0.2, -0.15) is 4.98 Å². The summed E-state index contributed by atoms with van der Waals surface area (Å²) < 4.78 is 5.67. The van der Waals surface area contributed by atoms with Gasteiger partial charge in [0.2, 0.25) is 5.95 Å². The fourth-order valence-corrected chi connectivity index (χ4v) is 2.81. The molecule has 0 spiro atoms. The molecule has 4 N–H and O–H groups in total. The average molecular weight is 321 g/mol. The molecule has 2 rings (SSSR count). The second kappa shape index (κ2) is 8.10. The van der Waals surface area contributed by atoms with Gasteiger partial charge in [-0.3, -0.25) is 4.79 Å². The highest BCUT2D eigenvalue weighted by Gasteiger charge is 2.22. The van der Waals surface area contributed by atoms with E-state index in [1.54, 1.807) is 0 Å². The minimum absolute atomic E-state index is 0.150. The number of nitrogens with one attached hydrogen (secondary N) is 2. The van der Waals surface area contributed by atoms with Crippen molar-refractivity contribution < 1.29 is 9.53 Å². The minimum Gasteiger partial charge on any atom is -0.379 e. The second-order valence-electron chi connectivity index (χ2n) is 6.19. The molecule has 1 aliphatic carbocycles. The smallest absolute Gasteiger partial charge is 0.254 e. The lowest BCUT2D eigenvalue weighted by Crippen LogP contribution is -2.30. The van der Waals surface area contributed by atoms with Gasteiger partial charge in [0.05, 0.1) is 11.7 Å². The van der Waals surface area contributed by atoms with Crippen LogP contribution in [0.4, 0.5) is 11.8 Å². The topological polar surface area (TPSA) is 102 Å². The van der Waals surface area contributed by atoms with Crippen molar-refractivity contribution in [2.45, 2.75) is 64.6 Å². The first kappa shape index (κ1) is 17.5. The molecule has 1 amide bonds. The van der Waals surface area contributed by atoms with E-state index in [1.165, 1.54) is 6.20 Å². The molecule has 1 aromatic rings. The molecule has 1 heterocycles. The predicted octanol–water partition coefficient (Wildman–Crippen LogP) is 2.16. The Morgan fingerprint density at radius 2 is 2.09 bits per heavy atom. The number of rotatable bonds is 7. The average Bonchev–Trinajstić information content (AvgIpc) is 2.49. The van der Waals surface area contributed by atoms with Crippen LogP contribution in [0.15, 0.2) is 6.20 Å². The summed E-state index contributed by atoms with van der Waals surface area (Å²) in [6.07, 6.45) is 5.99. The molecule has 0 aromatic carbocycles. The number of aromatic nitrogens is 2. The Hall–Kier alpha value is -1.89. The van der Waals surface area contributed by atoms with Crippen molar-refractivity contribution >= 4 is 17.7 Å². The number of ether oxygens (including phenoxy) is 1. The van der Waals surface area contributed by atoms with Crippen molar-refractivity contribution in [1.82, 2.24) is 9.97 Å². The third-order valence-corrected chi connectivity index (χ3v) is 3.89. The normalized spacial score (nSPS) is 21.2. The van der Waals surface area contributed by atoms with Gasteiger partial charge in [0, 0.05) is 24.9 Å². The Labute approximate surface area is 137 Å². The van der Waals surface area contributed by atoms with E-state index in [0.29, 0.717) is 29.5 Å². The van der Waals surface area contributed by atoms with Crippen LogP contribution in [0.3, 0.4) is 0 Å². The van der Waals surface area contributed by atoms with Gasteiger partial charge >= 0.3 is 0 Å². The second-order valence-corrected chi connectivity index (χ2v) is 6.19. The van der Waals surface area contributed by atoms with Crippen LogP contribution in [-0.4, -0.2) is 40.7 Å². The first-order valence-electron chi connectivity index (χ1n) is 8.31. The number of carbonyl (C=O) groups is 1. The molecule has 0 unspecified atom stereocenters. The Balaban J connectivity index is 2.02. The molecule has 1 fully saturated rings. The van der Waals surface area contributed by atoms with Gasteiger partial charge < -0.3 is 21.1 Å². The van der Waals surface area contributed by atoms with Gasteiger partial charge in [-0.1, -0.05) is 0 Å². The molecule has 1 aliphatic rings. The SMILES string of the molecule is CCOC1CCC(Nc2ncc(C(N)=O)c(NC(C)C)n2)CC1. The van der Waals surface area contributed by atoms with Crippen molar-refractivity contribution in [3.63, 3.8) is 0 Å². The standard InChI is InChI=1S/C16H27N5O2/c1-4-23-12-7-5-11(6-8-12)20-16-18-9-13(14(17)22)15(21-16)19-10(2)3/h9-12H,4-8H2,1-3H3,(H2,17,22)(H2,18,19,20,21). The lowest BCUT2D eigenvalue weighted by molar-refractivity contribution is 0.0346. The number of nitrogens with zero attached hydrogens (tertiary/aromatic N) is 2. The Kier molecular flexibility index (Phi) is 6.15. The Morgan fingerprint density at radius 1 is 1.39 bits per heavy atom. The third kappa shape index (κ3) is 5.06. The fourth-order valence-electron chi connectivity index (χ4n) is 2.81. The van der Waals surface area contributed by atoms with Crippen molar-refractivity contribution in [3.8, 4) is 0 Å². The summed E-state index contributed by atoms with van der Waals surface area (Å²) in [6.45, 7) is 6.76. The Bertz CT molecular complexity index is 527. The summed E-state index contributed by atoms with van der Waals surface area (Å²) in [5.74, 6) is 0.475. The van der Waals surface area contributed by atoms with Crippen LogP contribution >= 0.6 is 0 Å². The van der Waals surface area contributed by atoms with Gasteiger partial charge in [0.25, 0.3) is 5.91 Å². The van der Waals surface area contributed by atoms with Crippen LogP contribution in [0.5, 0.6) is 0 Å². The van der Waals surface area contributed by atoms with Gasteiger partial charge in [-0.15, -0.1) is 0 Å². The molecule has 128 valence electrons. The monoisotopic (exact) mass is 321 g/mol. The summed E-state index contributed by atoms with van der Waals surface area (Å²) in [5, 5.41) is 6.50. The number of nitrogens with two attached hydrogens (primary N) is 1. The van der Waals surface area contributed by atoms with Crippen molar-refractivity contribution in [2.24, 2.45) is 5.73 Å². The predicted molar refractivity (Wildman–Crippen MR) is 90.6 cm³/mol. The molecule has 7 heteroatoms. The molecule has 7 nitrogen and oxygen atoms in total. The highest BCUT2D eigenvalue weighted by Crippen LogP contribution is 2.24. The van der Waals surface area contributed by atoms with Gasteiger partial charge in [-0.25, -0.2) is 4.98 Å². The number of anilines is 2. The molecule has 0 aliphatic heterocycles. The molecule has 0 bridgehead atoms. The number of primary amides is 1. The zero-order chi connectivity index (χ0) is 16.8. The van der Waals surface area contributed by atoms with E-state index in [-0.39, 0.29) is 6.04 Å². The van der Waals surface area contributed by atoms with Crippen molar-refractivity contribution in [3.05, 3.63) is 11.8 Å². The first-order chi connectivity index (χ1) is 11.0. The van der Waals surface area contributed by atoms with Crippen LogP contribution in [0.25, 0.3) is 0 Å². The molecular formula is C16H27N5O2. The van der Waals surface area contributed by atoms with Gasteiger partial charge in [0.15, 0.2) is 0 Å². The maximum Gasteiger partial charge on any atom is 0.254 e. The van der Waals surface area contributed by atoms with E-state index in [1.807, 2.05) is 20.8 Å². The molecule has 1 aromatic heterocycles. The zero-order valence-corrected chi connectivity index (χ0v) is 14.1. The van der Waals surface area contributed by atoms with E-state index >= 15 is 0 Å². The largest absolute Gasteiger partial charge is 0.379 e. The maximum absolute atomic E-state index is 11.5. The molecule has 0 atom stereocenters. The molecular weight excluding hydrogens is 294 g/mol. The number of carbonyl (C=O) groups excluding carboxylic acids is 1. The van der Waals surface area contributed by atoms with E-state index in [2.05, 4.69) is 20.6 Å². The number of hydrogen-bond donors (Lipinski definition) is 3. The van der Waals surface area contributed by atoms with Gasteiger partial charge in [-0.05, 0) is 46.5 Å². The highest BCUT2D eigenvalue weighted by molar-refractivity contribution is 5.97. The third-order valence-electron chi connectivity index (χ3n) is 3.89. The lowest BCUT2D eigenvalue weighted by atomic mass is 9.93. The zero-order valence-electron chi connectivity index (χ0n) is 14.1. The van der Waals surface area contributed by atoms with Crippen LogP contribution in [0.1, 0.15) is 56.8 Å². The minimum atomic E-state index is -0.531. The van der Waals surface area contributed by atoms with Crippen molar-refractivity contribution in [2.75, 3.05) is 17.2 Å². The van der Waals surface area contributed by atoms with Crippen LogP contribution in [-0.2, 0) is 4.74 Å². The molecule has 1 saturated carbocycles. The summed E-state index contributed by atoms with van der Waals surface area (Å²) >= 11 is 0. The number of hydrogen-bond acceptors (Lipinski definition) is 6. The summed E-state index contributed by atoms with van der Waals surface area (Å²) in [4.78, 5) is 20.1. The lowest BCUT2D eigenvalue weighted by Gasteiger charge is -2.29. The first-order valence-corrected chi connectivity index (χ1v) is 8.31. The van der Waals surface area contributed by atoms with Crippen LogP contribution < -0.4 is 16.4 Å². The Morgan fingerprint density at radius 3 is 2.65 bits per heavy atom. The van der Waals surface area contributed by atoms with Crippen LogP contribution in [0, 0.1) is 0 Å².